The summed E-state index contributed by atoms with van der Waals surface area (Å²) in [6.07, 6.45) is 1.62. The molecule has 0 aromatic heterocycles. The second-order valence-corrected chi connectivity index (χ2v) is 5.25. The zero-order valence-electron chi connectivity index (χ0n) is 11.5. The zero-order valence-corrected chi connectivity index (χ0v) is 11.5. The Labute approximate surface area is 121 Å². The number of hydrogen-bond acceptors (Lipinski definition) is 4. The van der Waals surface area contributed by atoms with Gasteiger partial charge in [-0.2, -0.15) is 0 Å². The van der Waals surface area contributed by atoms with Crippen LogP contribution in [-0.2, 0) is 9.59 Å². The fourth-order valence-electron chi connectivity index (χ4n) is 2.70. The molecule has 0 radical (unpaired) electrons. The SMILES string of the molecule is Cc1ccc([N+](=O)[O-])c(NC(=O)C2CCCC2C(=O)O)c1. The standard InChI is InChI=1S/C14H16N2O5/c1-8-5-6-12(16(20)21)11(7-8)15-13(17)9-3-2-4-10(9)14(18)19/h5-7,9-10H,2-4H2,1H3,(H,15,17)(H,18,19). The number of carbonyl (C=O) groups is 2. The first-order chi connectivity index (χ1) is 9.90. The number of benzene rings is 1. The molecule has 21 heavy (non-hydrogen) atoms. The molecule has 2 unspecified atom stereocenters. The highest BCUT2D eigenvalue weighted by Crippen LogP contribution is 2.34. The molecular weight excluding hydrogens is 276 g/mol. The number of aliphatic carboxylic acids is 1. The van der Waals surface area contributed by atoms with Gasteiger partial charge in [0.2, 0.25) is 5.91 Å². The number of nitrogens with one attached hydrogen (secondary N) is 1. The molecule has 0 bridgehead atoms. The lowest BCUT2D eigenvalue weighted by molar-refractivity contribution is -0.383. The van der Waals surface area contributed by atoms with Gasteiger partial charge in [-0.3, -0.25) is 19.7 Å². The predicted octanol–water partition coefficient (Wildman–Crippen LogP) is 2.34. The lowest BCUT2D eigenvalue weighted by Gasteiger charge is -2.15. The Hall–Kier alpha value is -2.44. The topological polar surface area (TPSA) is 110 Å². The normalized spacial score (nSPS) is 21.0. The molecule has 0 heterocycles. The number of nitro benzene ring substituents is 1. The van der Waals surface area contributed by atoms with Crippen LogP contribution in [0.3, 0.4) is 0 Å². The van der Waals surface area contributed by atoms with Crippen LogP contribution in [0, 0.1) is 28.9 Å². The molecule has 112 valence electrons. The van der Waals surface area contributed by atoms with Gasteiger partial charge in [0.05, 0.1) is 16.8 Å². The minimum absolute atomic E-state index is 0.112. The summed E-state index contributed by atoms with van der Waals surface area (Å²) in [5.41, 5.74) is 0.692. The number of carbonyl (C=O) groups excluding carboxylic acids is 1. The Morgan fingerprint density at radius 1 is 1.33 bits per heavy atom. The minimum atomic E-state index is -0.994. The summed E-state index contributed by atoms with van der Waals surface area (Å²) in [7, 11) is 0. The quantitative estimate of drug-likeness (QED) is 0.653. The van der Waals surface area contributed by atoms with E-state index in [9.17, 15) is 19.7 Å². The predicted molar refractivity (Wildman–Crippen MR) is 74.9 cm³/mol. The van der Waals surface area contributed by atoms with Gasteiger partial charge in [0.25, 0.3) is 5.69 Å². The van der Waals surface area contributed by atoms with Crippen molar-refractivity contribution in [3.8, 4) is 0 Å². The summed E-state index contributed by atoms with van der Waals surface area (Å²) >= 11 is 0. The molecule has 1 saturated carbocycles. The molecule has 7 heteroatoms. The summed E-state index contributed by atoms with van der Waals surface area (Å²) < 4.78 is 0. The van der Waals surface area contributed by atoms with E-state index in [-0.39, 0.29) is 11.4 Å². The van der Waals surface area contributed by atoms with E-state index in [1.807, 2.05) is 0 Å². The summed E-state index contributed by atoms with van der Waals surface area (Å²) in [6.45, 7) is 1.76. The van der Waals surface area contributed by atoms with E-state index in [1.165, 1.54) is 12.1 Å². The van der Waals surface area contributed by atoms with Crippen LogP contribution >= 0.6 is 0 Å². The van der Waals surface area contributed by atoms with Gasteiger partial charge >= 0.3 is 5.97 Å². The molecule has 1 amide bonds. The first kappa shape index (κ1) is 15.0. The molecule has 7 nitrogen and oxygen atoms in total. The number of amides is 1. The van der Waals surface area contributed by atoms with Gasteiger partial charge in [0.1, 0.15) is 5.69 Å². The molecule has 1 aromatic rings. The van der Waals surface area contributed by atoms with E-state index in [1.54, 1.807) is 13.0 Å². The first-order valence-corrected chi connectivity index (χ1v) is 6.69. The van der Waals surface area contributed by atoms with Crippen LogP contribution in [0.4, 0.5) is 11.4 Å². The van der Waals surface area contributed by atoms with E-state index in [0.29, 0.717) is 19.3 Å². The first-order valence-electron chi connectivity index (χ1n) is 6.69. The maximum atomic E-state index is 12.2. The number of hydrogen-bond donors (Lipinski definition) is 2. The van der Waals surface area contributed by atoms with Crippen molar-refractivity contribution in [1.82, 2.24) is 0 Å². The monoisotopic (exact) mass is 292 g/mol. The van der Waals surface area contributed by atoms with Gasteiger partial charge in [0, 0.05) is 6.07 Å². The van der Waals surface area contributed by atoms with Gasteiger partial charge in [-0.25, -0.2) is 0 Å². The van der Waals surface area contributed by atoms with Crippen molar-refractivity contribution in [2.45, 2.75) is 26.2 Å². The molecular formula is C14H16N2O5. The highest BCUT2D eigenvalue weighted by molar-refractivity contribution is 5.97. The summed E-state index contributed by atoms with van der Waals surface area (Å²) in [5, 5.41) is 22.6. The molecule has 0 saturated heterocycles. The van der Waals surface area contributed by atoms with Crippen molar-refractivity contribution in [2.24, 2.45) is 11.8 Å². The van der Waals surface area contributed by atoms with E-state index >= 15 is 0 Å². The molecule has 1 fully saturated rings. The zero-order chi connectivity index (χ0) is 15.6. The van der Waals surface area contributed by atoms with Crippen LogP contribution in [0.15, 0.2) is 18.2 Å². The fourth-order valence-corrected chi connectivity index (χ4v) is 2.70. The molecule has 0 aliphatic heterocycles. The van der Waals surface area contributed by atoms with Crippen LogP contribution in [0.25, 0.3) is 0 Å². The number of anilines is 1. The fraction of sp³-hybridized carbons (Fsp3) is 0.429. The van der Waals surface area contributed by atoms with E-state index in [2.05, 4.69) is 5.32 Å². The van der Waals surface area contributed by atoms with E-state index in [4.69, 9.17) is 5.11 Å². The smallest absolute Gasteiger partial charge is 0.307 e. The maximum Gasteiger partial charge on any atom is 0.307 e. The van der Waals surface area contributed by atoms with Gasteiger partial charge in [-0.1, -0.05) is 12.5 Å². The molecule has 0 spiro atoms. The number of aryl methyl sites for hydroxylation is 1. The third-order valence-electron chi connectivity index (χ3n) is 3.78. The molecule has 2 N–H and O–H groups in total. The van der Waals surface area contributed by atoms with Crippen molar-refractivity contribution in [2.75, 3.05) is 5.32 Å². The summed E-state index contributed by atoms with van der Waals surface area (Å²) in [6, 6.07) is 4.43. The molecule has 2 rings (SSSR count). The average Bonchev–Trinajstić information content (AvgIpc) is 2.87. The number of nitrogens with zero attached hydrogens (tertiary/aromatic N) is 1. The average molecular weight is 292 g/mol. The van der Waals surface area contributed by atoms with Gasteiger partial charge < -0.3 is 10.4 Å². The highest BCUT2D eigenvalue weighted by atomic mass is 16.6. The van der Waals surface area contributed by atoms with E-state index < -0.39 is 28.6 Å². The Morgan fingerprint density at radius 3 is 2.62 bits per heavy atom. The summed E-state index contributed by atoms with van der Waals surface area (Å²) in [4.78, 5) is 33.7. The third-order valence-corrected chi connectivity index (χ3v) is 3.78. The lowest BCUT2D eigenvalue weighted by Crippen LogP contribution is -2.30. The lowest BCUT2D eigenvalue weighted by atomic mass is 9.95. The van der Waals surface area contributed by atoms with Gasteiger partial charge in [-0.05, 0) is 31.4 Å². The second-order valence-electron chi connectivity index (χ2n) is 5.25. The van der Waals surface area contributed by atoms with Crippen molar-refractivity contribution in [3.63, 3.8) is 0 Å². The van der Waals surface area contributed by atoms with Gasteiger partial charge in [0.15, 0.2) is 0 Å². The molecule has 1 aliphatic rings. The minimum Gasteiger partial charge on any atom is -0.481 e. The van der Waals surface area contributed by atoms with Gasteiger partial charge in [-0.15, -0.1) is 0 Å². The van der Waals surface area contributed by atoms with Crippen molar-refractivity contribution in [1.29, 1.82) is 0 Å². The largest absolute Gasteiger partial charge is 0.481 e. The van der Waals surface area contributed by atoms with Crippen molar-refractivity contribution < 1.29 is 19.6 Å². The Balaban J connectivity index is 2.21. The maximum absolute atomic E-state index is 12.2. The number of nitro groups is 1. The number of carboxylic acid groups (broad SMARTS) is 1. The molecule has 2 atom stereocenters. The third kappa shape index (κ3) is 3.18. The summed E-state index contributed by atoms with van der Waals surface area (Å²) in [5.74, 6) is -2.81. The number of carboxylic acids is 1. The van der Waals surface area contributed by atoms with Crippen LogP contribution in [0.5, 0.6) is 0 Å². The van der Waals surface area contributed by atoms with Crippen LogP contribution in [0.2, 0.25) is 0 Å². The van der Waals surface area contributed by atoms with Crippen LogP contribution in [0.1, 0.15) is 24.8 Å². The molecule has 1 aromatic carbocycles. The Bertz CT molecular complexity index is 599. The second kappa shape index (κ2) is 5.90. The van der Waals surface area contributed by atoms with Crippen molar-refractivity contribution in [3.05, 3.63) is 33.9 Å². The number of rotatable bonds is 4. The highest BCUT2D eigenvalue weighted by Gasteiger charge is 2.38. The van der Waals surface area contributed by atoms with Crippen molar-refractivity contribution >= 4 is 23.3 Å². The molecule has 1 aliphatic carbocycles. The van der Waals surface area contributed by atoms with E-state index in [0.717, 1.165) is 5.56 Å². The Kier molecular flexibility index (Phi) is 4.21. The Morgan fingerprint density at radius 2 is 2.00 bits per heavy atom. The van der Waals surface area contributed by atoms with Crippen LogP contribution < -0.4 is 5.32 Å². The van der Waals surface area contributed by atoms with Crippen LogP contribution in [-0.4, -0.2) is 21.9 Å².